The van der Waals surface area contributed by atoms with E-state index in [9.17, 15) is 4.79 Å². The second kappa shape index (κ2) is 7.17. The van der Waals surface area contributed by atoms with E-state index < -0.39 is 0 Å². The van der Waals surface area contributed by atoms with E-state index in [4.69, 9.17) is 20.4 Å². The molecule has 0 bridgehead atoms. The Balaban J connectivity index is 1.71. The minimum absolute atomic E-state index is 0.280. The molecule has 0 aliphatic carbocycles. The van der Waals surface area contributed by atoms with E-state index in [0.29, 0.717) is 33.6 Å². The third kappa shape index (κ3) is 3.66. The Hall–Kier alpha value is -3.25. The zero-order valence-corrected chi connectivity index (χ0v) is 15.2. The molecule has 0 spiro atoms. The zero-order chi connectivity index (χ0) is 18.8. The minimum Gasteiger partial charge on any atom is -0.467 e. The number of halogens is 1. The van der Waals surface area contributed by atoms with Crippen molar-refractivity contribution in [2.24, 2.45) is 0 Å². The van der Waals surface area contributed by atoms with Gasteiger partial charge in [-0.1, -0.05) is 17.7 Å². The van der Waals surface area contributed by atoms with Crippen LogP contribution in [0.5, 0.6) is 0 Å². The molecule has 3 heterocycles. The van der Waals surface area contributed by atoms with E-state index in [1.807, 2.05) is 25.1 Å². The topological polar surface area (TPSA) is 73.2 Å². The molecular formula is C20H16ClN3O3. The fourth-order valence-electron chi connectivity index (χ4n) is 2.71. The summed E-state index contributed by atoms with van der Waals surface area (Å²) < 4.78 is 12.5. The number of aromatic nitrogens is 2. The molecule has 0 saturated heterocycles. The van der Waals surface area contributed by atoms with Crippen molar-refractivity contribution < 1.29 is 13.6 Å². The van der Waals surface area contributed by atoms with Gasteiger partial charge in [-0.25, -0.2) is 4.68 Å². The van der Waals surface area contributed by atoms with Gasteiger partial charge in [0, 0.05) is 11.1 Å². The standard InChI is InChI=1S/C20H16ClN3O3/c1-13-7-8-19(27-13)17-11-18(20(25)22-12-16-6-3-9-26-16)24(23-17)15-5-2-4-14(21)10-15/h2-11H,12H2,1H3,(H,22,25). The number of rotatable bonds is 5. The highest BCUT2D eigenvalue weighted by Gasteiger charge is 2.19. The lowest BCUT2D eigenvalue weighted by atomic mass is 10.2. The summed E-state index contributed by atoms with van der Waals surface area (Å²) in [6.45, 7) is 2.14. The van der Waals surface area contributed by atoms with Crippen molar-refractivity contribution in [2.75, 3.05) is 0 Å². The summed E-state index contributed by atoms with van der Waals surface area (Å²) in [5, 5.41) is 7.95. The van der Waals surface area contributed by atoms with Gasteiger partial charge in [0.2, 0.25) is 0 Å². The van der Waals surface area contributed by atoms with Crippen LogP contribution in [0.15, 0.2) is 69.7 Å². The van der Waals surface area contributed by atoms with Crippen LogP contribution in [-0.4, -0.2) is 15.7 Å². The maximum atomic E-state index is 12.8. The van der Waals surface area contributed by atoms with Gasteiger partial charge in [0.05, 0.1) is 18.5 Å². The first-order valence-corrected chi connectivity index (χ1v) is 8.71. The molecule has 1 amide bonds. The summed E-state index contributed by atoms with van der Waals surface area (Å²) >= 11 is 6.11. The lowest BCUT2D eigenvalue weighted by Gasteiger charge is -2.08. The third-order valence-electron chi connectivity index (χ3n) is 3.99. The highest BCUT2D eigenvalue weighted by molar-refractivity contribution is 6.30. The molecular weight excluding hydrogens is 366 g/mol. The Bertz CT molecular complexity index is 1080. The van der Waals surface area contributed by atoms with Gasteiger partial charge in [0.25, 0.3) is 5.91 Å². The van der Waals surface area contributed by atoms with Gasteiger partial charge in [0.15, 0.2) is 5.76 Å². The molecule has 4 rings (SSSR count). The molecule has 3 aromatic heterocycles. The average molecular weight is 382 g/mol. The highest BCUT2D eigenvalue weighted by atomic mass is 35.5. The van der Waals surface area contributed by atoms with E-state index in [2.05, 4.69) is 10.4 Å². The molecule has 6 nitrogen and oxygen atoms in total. The third-order valence-corrected chi connectivity index (χ3v) is 4.23. The number of nitrogens with zero attached hydrogens (tertiary/aromatic N) is 2. The SMILES string of the molecule is Cc1ccc(-c2cc(C(=O)NCc3ccco3)n(-c3cccc(Cl)c3)n2)o1. The first-order valence-electron chi connectivity index (χ1n) is 8.33. The zero-order valence-electron chi connectivity index (χ0n) is 14.5. The number of amides is 1. The summed E-state index contributed by atoms with van der Waals surface area (Å²) in [6.07, 6.45) is 1.56. The molecule has 0 atom stereocenters. The van der Waals surface area contributed by atoms with Crippen molar-refractivity contribution in [1.82, 2.24) is 15.1 Å². The number of nitrogens with one attached hydrogen (secondary N) is 1. The number of hydrogen-bond acceptors (Lipinski definition) is 4. The average Bonchev–Trinajstić information content (AvgIpc) is 3.40. The fraction of sp³-hybridized carbons (Fsp3) is 0.100. The maximum Gasteiger partial charge on any atom is 0.270 e. The number of hydrogen-bond donors (Lipinski definition) is 1. The lowest BCUT2D eigenvalue weighted by molar-refractivity contribution is 0.0940. The summed E-state index contributed by atoms with van der Waals surface area (Å²) in [4.78, 5) is 12.8. The quantitative estimate of drug-likeness (QED) is 0.547. The number of furan rings is 2. The van der Waals surface area contributed by atoms with Crippen molar-refractivity contribution in [3.8, 4) is 17.1 Å². The Kier molecular flexibility index (Phi) is 4.56. The Morgan fingerprint density at radius 2 is 2.07 bits per heavy atom. The van der Waals surface area contributed by atoms with Crippen LogP contribution < -0.4 is 5.32 Å². The maximum absolute atomic E-state index is 12.8. The number of carbonyl (C=O) groups is 1. The summed E-state index contributed by atoms with van der Waals surface area (Å²) in [7, 11) is 0. The highest BCUT2D eigenvalue weighted by Crippen LogP contribution is 2.24. The molecule has 0 fully saturated rings. The molecule has 0 saturated carbocycles. The van der Waals surface area contributed by atoms with Gasteiger partial charge in [-0.05, 0) is 49.4 Å². The van der Waals surface area contributed by atoms with Gasteiger partial charge >= 0.3 is 0 Å². The van der Waals surface area contributed by atoms with E-state index in [-0.39, 0.29) is 12.5 Å². The smallest absolute Gasteiger partial charge is 0.270 e. The van der Waals surface area contributed by atoms with Crippen LogP contribution >= 0.6 is 11.6 Å². The summed E-state index contributed by atoms with van der Waals surface area (Å²) in [5.41, 5.74) is 1.61. The predicted octanol–water partition coefficient (Wildman–Crippen LogP) is 4.62. The first-order chi connectivity index (χ1) is 13.1. The molecule has 0 unspecified atom stereocenters. The van der Waals surface area contributed by atoms with Gasteiger partial charge in [-0.15, -0.1) is 0 Å². The van der Waals surface area contributed by atoms with Crippen molar-refractivity contribution in [3.63, 3.8) is 0 Å². The number of aryl methyl sites for hydroxylation is 1. The first kappa shape index (κ1) is 17.2. The minimum atomic E-state index is -0.284. The van der Waals surface area contributed by atoms with Gasteiger partial charge < -0.3 is 14.2 Å². The van der Waals surface area contributed by atoms with Crippen molar-refractivity contribution in [2.45, 2.75) is 13.5 Å². The van der Waals surface area contributed by atoms with Crippen molar-refractivity contribution >= 4 is 17.5 Å². The monoisotopic (exact) mass is 381 g/mol. The molecule has 7 heteroatoms. The second-order valence-electron chi connectivity index (χ2n) is 5.98. The van der Waals surface area contributed by atoms with Crippen LogP contribution in [0.1, 0.15) is 22.0 Å². The Morgan fingerprint density at radius 1 is 1.19 bits per heavy atom. The summed E-state index contributed by atoms with van der Waals surface area (Å²) in [6, 6.07) is 16.1. The molecule has 1 N–H and O–H groups in total. The van der Waals surface area contributed by atoms with Crippen LogP contribution in [-0.2, 0) is 6.54 Å². The van der Waals surface area contributed by atoms with Crippen LogP contribution in [0.4, 0.5) is 0 Å². The molecule has 0 aliphatic heterocycles. The Morgan fingerprint density at radius 3 is 2.78 bits per heavy atom. The fourth-order valence-corrected chi connectivity index (χ4v) is 2.90. The van der Waals surface area contributed by atoms with Crippen molar-refractivity contribution in [1.29, 1.82) is 0 Å². The van der Waals surface area contributed by atoms with Crippen LogP contribution in [0.25, 0.3) is 17.1 Å². The molecule has 1 aromatic carbocycles. The van der Waals surface area contributed by atoms with E-state index in [1.165, 1.54) is 0 Å². The largest absolute Gasteiger partial charge is 0.467 e. The van der Waals surface area contributed by atoms with Gasteiger partial charge in [-0.2, -0.15) is 5.10 Å². The normalized spacial score (nSPS) is 10.9. The van der Waals surface area contributed by atoms with E-state index >= 15 is 0 Å². The molecule has 0 radical (unpaired) electrons. The molecule has 27 heavy (non-hydrogen) atoms. The van der Waals surface area contributed by atoms with Gasteiger partial charge in [-0.3, -0.25) is 4.79 Å². The predicted molar refractivity (Wildman–Crippen MR) is 101 cm³/mol. The number of carbonyl (C=O) groups excluding carboxylic acids is 1. The second-order valence-corrected chi connectivity index (χ2v) is 6.42. The van der Waals surface area contributed by atoms with Crippen LogP contribution in [0.2, 0.25) is 5.02 Å². The van der Waals surface area contributed by atoms with Gasteiger partial charge in [0.1, 0.15) is 22.9 Å². The molecule has 136 valence electrons. The number of benzene rings is 1. The summed E-state index contributed by atoms with van der Waals surface area (Å²) in [5.74, 6) is 1.74. The van der Waals surface area contributed by atoms with Crippen molar-refractivity contribution in [3.05, 3.63) is 83.1 Å². The van der Waals surface area contributed by atoms with E-state index in [1.54, 1.807) is 47.3 Å². The molecule has 0 aliphatic rings. The lowest BCUT2D eigenvalue weighted by Crippen LogP contribution is -2.25. The van der Waals surface area contributed by atoms with Crippen LogP contribution in [0, 0.1) is 6.92 Å². The van der Waals surface area contributed by atoms with Crippen LogP contribution in [0.3, 0.4) is 0 Å². The van der Waals surface area contributed by atoms with E-state index in [0.717, 1.165) is 5.76 Å². The Labute approximate surface area is 160 Å². The molecule has 4 aromatic rings.